The molecule has 0 bridgehead atoms. The first-order chi connectivity index (χ1) is 8.22. The maximum atomic E-state index is 4.51. The van der Waals surface area contributed by atoms with Crippen LogP contribution in [0.2, 0.25) is 0 Å². The van der Waals surface area contributed by atoms with E-state index in [1.807, 2.05) is 12.3 Å². The number of aromatic nitrogens is 1. The molecule has 0 aromatic carbocycles. The van der Waals surface area contributed by atoms with E-state index in [-0.39, 0.29) is 0 Å². The third kappa shape index (κ3) is 2.78. The highest BCUT2D eigenvalue weighted by Crippen LogP contribution is 2.33. The zero-order chi connectivity index (χ0) is 12.3. The Kier molecular flexibility index (Phi) is 4.00. The van der Waals surface area contributed by atoms with Gasteiger partial charge >= 0.3 is 0 Å². The lowest BCUT2D eigenvalue weighted by Crippen LogP contribution is -2.21. The van der Waals surface area contributed by atoms with Crippen molar-refractivity contribution in [1.29, 1.82) is 0 Å². The third-order valence-electron chi connectivity index (χ3n) is 3.71. The fraction of sp³-hybridized carbons (Fsp3) is 0.643. The zero-order valence-electron chi connectivity index (χ0n) is 11.1. The van der Waals surface area contributed by atoms with Crippen molar-refractivity contribution in [1.82, 2.24) is 9.88 Å². The molecule has 1 saturated heterocycles. The maximum absolute atomic E-state index is 4.51. The van der Waals surface area contributed by atoms with Gasteiger partial charge in [-0.1, -0.05) is 13.0 Å². The number of pyridine rings is 1. The van der Waals surface area contributed by atoms with Gasteiger partial charge in [0, 0.05) is 23.8 Å². The summed E-state index contributed by atoms with van der Waals surface area (Å²) in [6.45, 7) is 5.60. The van der Waals surface area contributed by atoms with E-state index in [0.29, 0.717) is 12.1 Å². The molecular weight excluding hydrogens is 210 g/mol. The second-order valence-corrected chi connectivity index (χ2v) is 5.03. The minimum atomic E-state index is 0.482. The van der Waals surface area contributed by atoms with E-state index in [2.05, 4.69) is 42.2 Å². The normalized spacial score (nSPS) is 22.6. The lowest BCUT2D eigenvalue weighted by Gasteiger charge is -2.23. The predicted octanol–water partition coefficient (Wildman–Crippen LogP) is 3.06. The van der Waals surface area contributed by atoms with Gasteiger partial charge in [-0.15, -0.1) is 0 Å². The molecule has 94 valence electrons. The minimum absolute atomic E-state index is 0.482. The van der Waals surface area contributed by atoms with Gasteiger partial charge in [0.1, 0.15) is 5.82 Å². The molecule has 2 heterocycles. The fourth-order valence-electron chi connectivity index (χ4n) is 2.45. The second kappa shape index (κ2) is 5.50. The summed E-state index contributed by atoms with van der Waals surface area (Å²) >= 11 is 0. The van der Waals surface area contributed by atoms with E-state index in [1.165, 1.54) is 24.9 Å². The molecule has 0 saturated carbocycles. The van der Waals surface area contributed by atoms with Crippen LogP contribution in [-0.2, 0) is 0 Å². The van der Waals surface area contributed by atoms with E-state index < -0.39 is 0 Å². The fourth-order valence-corrected chi connectivity index (χ4v) is 2.45. The van der Waals surface area contributed by atoms with Gasteiger partial charge in [-0.3, -0.25) is 4.90 Å². The van der Waals surface area contributed by atoms with Gasteiger partial charge < -0.3 is 5.32 Å². The van der Waals surface area contributed by atoms with E-state index >= 15 is 0 Å². The molecule has 1 aromatic heterocycles. The van der Waals surface area contributed by atoms with Gasteiger partial charge in [0.25, 0.3) is 0 Å². The van der Waals surface area contributed by atoms with Crippen LogP contribution in [0.1, 0.15) is 44.7 Å². The van der Waals surface area contributed by atoms with Crippen LogP contribution in [-0.4, -0.2) is 29.5 Å². The molecule has 3 nitrogen and oxygen atoms in total. The summed E-state index contributed by atoms with van der Waals surface area (Å²) in [6.07, 6.45) is 5.54. The Hall–Kier alpha value is -1.09. The smallest absolute Gasteiger partial charge is 0.130 e. The van der Waals surface area contributed by atoms with E-state index in [1.54, 1.807) is 0 Å². The standard InChI is InChI=1S/C14H23N3/c1-4-11(2)16-14-12(7-5-9-15-14)13-8-6-10-17(13)3/h5,7,9,11,13H,4,6,8,10H2,1-3H3,(H,15,16). The summed E-state index contributed by atoms with van der Waals surface area (Å²) in [5.41, 5.74) is 1.35. The van der Waals surface area contributed by atoms with E-state index in [0.717, 1.165) is 12.2 Å². The Morgan fingerprint density at radius 2 is 2.41 bits per heavy atom. The van der Waals surface area contributed by atoms with Crippen molar-refractivity contribution in [2.45, 2.75) is 45.2 Å². The van der Waals surface area contributed by atoms with Gasteiger partial charge in [0.15, 0.2) is 0 Å². The summed E-state index contributed by atoms with van der Waals surface area (Å²) in [5, 5.41) is 3.52. The SMILES string of the molecule is CCC(C)Nc1ncccc1C1CCCN1C. The molecule has 0 spiro atoms. The van der Waals surface area contributed by atoms with Crippen LogP contribution in [0.5, 0.6) is 0 Å². The Labute approximate surface area is 104 Å². The Morgan fingerprint density at radius 3 is 3.06 bits per heavy atom. The summed E-state index contributed by atoms with van der Waals surface area (Å²) in [4.78, 5) is 6.94. The van der Waals surface area contributed by atoms with Gasteiger partial charge in [-0.25, -0.2) is 4.98 Å². The first-order valence-electron chi connectivity index (χ1n) is 6.64. The first-order valence-corrected chi connectivity index (χ1v) is 6.64. The van der Waals surface area contributed by atoms with Crippen LogP contribution in [0.3, 0.4) is 0 Å². The molecule has 0 amide bonds. The highest BCUT2D eigenvalue weighted by atomic mass is 15.2. The Morgan fingerprint density at radius 1 is 1.59 bits per heavy atom. The average molecular weight is 233 g/mol. The largest absolute Gasteiger partial charge is 0.367 e. The van der Waals surface area contributed by atoms with E-state index in [9.17, 15) is 0 Å². The third-order valence-corrected chi connectivity index (χ3v) is 3.71. The molecule has 1 fully saturated rings. The van der Waals surface area contributed by atoms with Crippen molar-refractivity contribution in [3.05, 3.63) is 23.9 Å². The van der Waals surface area contributed by atoms with Crippen molar-refractivity contribution in [3.63, 3.8) is 0 Å². The number of hydrogen-bond donors (Lipinski definition) is 1. The van der Waals surface area contributed by atoms with Crippen molar-refractivity contribution in [2.75, 3.05) is 18.9 Å². The van der Waals surface area contributed by atoms with Gasteiger partial charge in [0.2, 0.25) is 0 Å². The monoisotopic (exact) mass is 233 g/mol. The number of nitrogens with zero attached hydrogens (tertiary/aromatic N) is 2. The molecule has 2 rings (SSSR count). The van der Waals surface area contributed by atoms with Crippen LogP contribution in [0.4, 0.5) is 5.82 Å². The Bertz CT molecular complexity index is 364. The zero-order valence-corrected chi connectivity index (χ0v) is 11.1. The summed E-state index contributed by atoms with van der Waals surface area (Å²) in [7, 11) is 2.21. The Balaban J connectivity index is 2.21. The quantitative estimate of drug-likeness (QED) is 0.866. The van der Waals surface area contributed by atoms with Crippen molar-refractivity contribution < 1.29 is 0 Å². The van der Waals surface area contributed by atoms with Crippen LogP contribution in [0.15, 0.2) is 18.3 Å². The van der Waals surface area contributed by atoms with Crippen molar-refractivity contribution >= 4 is 5.82 Å². The highest BCUT2D eigenvalue weighted by Gasteiger charge is 2.25. The second-order valence-electron chi connectivity index (χ2n) is 5.03. The molecule has 17 heavy (non-hydrogen) atoms. The topological polar surface area (TPSA) is 28.2 Å². The molecule has 2 atom stereocenters. The number of likely N-dealkylation sites (tertiary alicyclic amines) is 1. The van der Waals surface area contributed by atoms with Crippen LogP contribution < -0.4 is 5.32 Å². The summed E-state index contributed by atoms with van der Waals surface area (Å²) in [6, 6.07) is 5.28. The van der Waals surface area contributed by atoms with Crippen LogP contribution in [0, 0.1) is 0 Å². The van der Waals surface area contributed by atoms with E-state index in [4.69, 9.17) is 0 Å². The maximum Gasteiger partial charge on any atom is 0.130 e. The number of rotatable bonds is 4. The average Bonchev–Trinajstić information content (AvgIpc) is 2.76. The highest BCUT2D eigenvalue weighted by molar-refractivity contribution is 5.46. The lowest BCUT2D eigenvalue weighted by atomic mass is 10.1. The lowest BCUT2D eigenvalue weighted by molar-refractivity contribution is 0.317. The van der Waals surface area contributed by atoms with Crippen LogP contribution in [0.25, 0.3) is 0 Å². The van der Waals surface area contributed by atoms with Gasteiger partial charge in [-0.2, -0.15) is 0 Å². The van der Waals surface area contributed by atoms with Crippen molar-refractivity contribution in [2.24, 2.45) is 0 Å². The molecule has 1 aliphatic rings. The predicted molar refractivity (Wildman–Crippen MR) is 72.2 cm³/mol. The summed E-state index contributed by atoms with van der Waals surface area (Å²) < 4.78 is 0. The van der Waals surface area contributed by atoms with Crippen molar-refractivity contribution in [3.8, 4) is 0 Å². The summed E-state index contributed by atoms with van der Waals surface area (Å²) in [5.74, 6) is 1.07. The number of hydrogen-bond acceptors (Lipinski definition) is 3. The van der Waals surface area contributed by atoms with Gasteiger partial charge in [-0.05, 0) is 45.8 Å². The number of nitrogens with one attached hydrogen (secondary N) is 1. The molecule has 3 heteroatoms. The molecule has 1 aromatic rings. The van der Waals surface area contributed by atoms with Crippen LogP contribution >= 0.6 is 0 Å². The molecular formula is C14H23N3. The van der Waals surface area contributed by atoms with Gasteiger partial charge in [0.05, 0.1) is 0 Å². The minimum Gasteiger partial charge on any atom is -0.367 e. The molecule has 0 radical (unpaired) electrons. The molecule has 1 aliphatic heterocycles. The molecule has 0 aliphatic carbocycles. The number of anilines is 1. The molecule has 1 N–H and O–H groups in total. The molecule has 2 unspecified atom stereocenters. The first kappa shape index (κ1) is 12.4.